The Morgan fingerprint density at radius 2 is 1.58 bits per heavy atom. The standard InChI is InChI=1S/C23H19Br2ClN2O3/c1-10-15(26)3-2-4-16(10)27-21(29)11-5-7-12(8-6-11)28-22(30)17-13-9-14(18(17)23(28)31)20(25)19(13)24/h2-8,13-14,17-20H,9H2,1H3,(H,27,29)/t13-,14-,17-,18+,19+,20+/m1/s1. The Hall–Kier alpha value is -1.70. The molecule has 3 amide bonds. The number of alkyl halides is 2. The van der Waals surface area contributed by atoms with E-state index in [2.05, 4.69) is 37.2 Å². The fourth-order valence-corrected chi connectivity index (χ4v) is 7.35. The molecule has 1 N–H and O–H groups in total. The van der Waals surface area contributed by atoms with Gasteiger partial charge in [-0.05, 0) is 67.1 Å². The number of anilines is 2. The first-order valence-electron chi connectivity index (χ1n) is 10.1. The maximum atomic E-state index is 13.1. The van der Waals surface area contributed by atoms with Crippen molar-refractivity contribution >= 4 is 72.6 Å². The molecule has 2 aliphatic carbocycles. The number of benzene rings is 2. The van der Waals surface area contributed by atoms with Crippen molar-refractivity contribution in [3.63, 3.8) is 0 Å². The number of fused-ring (bicyclic) bond motifs is 5. The van der Waals surface area contributed by atoms with E-state index in [1.165, 1.54) is 4.90 Å². The average Bonchev–Trinajstić information content (AvgIpc) is 3.36. The molecule has 5 nitrogen and oxygen atoms in total. The SMILES string of the molecule is Cc1c(Cl)cccc1NC(=O)c1ccc(N2C(=O)[C@@H]3[C@H]4C[C@@H]([C@H](Br)[C@H]4Br)[C@@H]3C2=O)cc1. The van der Waals surface area contributed by atoms with Crippen molar-refractivity contribution < 1.29 is 14.4 Å². The van der Waals surface area contributed by atoms with Gasteiger partial charge in [-0.15, -0.1) is 0 Å². The quantitative estimate of drug-likeness (QED) is 0.411. The highest BCUT2D eigenvalue weighted by molar-refractivity contribution is 9.12. The minimum atomic E-state index is -0.282. The molecular weight excluding hydrogens is 548 g/mol. The molecule has 2 aromatic carbocycles. The van der Waals surface area contributed by atoms with Gasteiger partial charge in [-0.25, -0.2) is 0 Å². The van der Waals surface area contributed by atoms with Gasteiger partial charge in [0, 0.05) is 25.9 Å². The number of halogens is 3. The van der Waals surface area contributed by atoms with Crippen LogP contribution in [-0.4, -0.2) is 27.4 Å². The summed E-state index contributed by atoms with van der Waals surface area (Å²) in [6.07, 6.45) is 0.897. The predicted octanol–water partition coefficient (Wildman–Crippen LogP) is 5.18. The molecule has 1 saturated heterocycles. The van der Waals surface area contributed by atoms with Crippen LogP contribution in [0.2, 0.25) is 5.02 Å². The third kappa shape index (κ3) is 3.19. The number of imide groups is 1. The number of carbonyl (C=O) groups excluding carboxylic acids is 3. The molecule has 6 atom stereocenters. The molecule has 2 aromatic rings. The Kier molecular flexibility index (Phi) is 5.26. The second-order valence-corrected chi connectivity index (χ2v) is 11.0. The van der Waals surface area contributed by atoms with E-state index < -0.39 is 0 Å². The zero-order valence-electron chi connectivity index (χ0n) is 16.5. The van der Waals surface area contributed by atoms with Gasteiger partial charge < -0.3 is 5.32 Å². The number of hydrogen-bond donors (Lipinski definition) is 1. The third-order valence-corrected chi connectivity index (χ3v) is 10.5. The summed E-state index contributed by atoms with van der Waals surface area (Å²) in [5.41, 5.74) is 2.38. The Labute approximate surface area is 201 Å². The van der Waals surface area contributed by atoms with Gasteiger partial charge in [0.05, 0.1) is 17.5 Å². The van der Waals surface area contributed by atoms with Crippen LogP contribution in [0.1, 0.15) is 22.3 Å². The van der Waals surface area contributed by atoms with Crippen LogP contribution in [-0.2, 0) is 9.59 Å². The summed E-state index contributed by atoms with van der Waals surface area (Å²) in [4.78, 5) is 40.7. The van der Waals surface area contributed by atoms with Crippen LogP contribution >= 0.6 is 43.5 Å². The summed E-state index contributed by atoms with van der Waals surface area (Å²) in [5, 5.41) is 3.43. The van der Waals surface area contributed by atoms with Gasteiger partial charge in [0.25, 0.3) is 5.91 Å². The lowest BCUT2D eigenvalue weighted by Crippen LogP contribution is -2.37. The summed E-state index contributed by atoms with van der Waals surface area (Å²) >= 11 is 13.5. The molecular formula is C23H19Br2ClN2O3. The van der Waals surface area contributed by atoms with Gasteiger partial charge in [-0.3, -0.25) is 19.3 Å². The monoisotopic (exact) mass is 564 g/mol. The minimum Gasteiger partial charge on any atom is -0.322 e. The summed E-state index contributed by atoms with van der Waals surface area (Å²) in [6.45, 7) is 1.84. The van der Waals surface area contributed by atoms with Gasteiger partial charge in [0.2, 0.25) is 11.8 Å². The average molecular weight is 567 g/mol. The van der Waals surface area contributed by atoms with E-state index in [9.17, 15) is 14.4 Å². The van der Waals surface area contributed by atoms with Crippen LogP contribution in [0.4, 0.5) is 11.4 Å². The maximum Gasteiger partial charge on any atom is 0.255 e. The number of hydrogen-bond acceptors (Lipinski definition) is 3. The lowest BCUT2D eigenvalue weighted by molar-refractivity contribution is -0.123. The molecule has 0 spiro atoms. The minimum absolute atomic E-state index is 0.127. The highest BCUT2D eigenvalue weighted by Gasteiger charge is 2.66. The molecule has 3 aliphatic rings. The van der Waals surface area contributed by atoms with Gasteiger partial charge in [-0.2, -0.15) is 0 Å². The Balaban J connectivity index is 1.36. The fraction of sp³-hybridized carbons (Fsp3) is 0.348. The van der Waals surface area contributed by atoms with E-state index in [1.54, 1.807) is 42.5 Å². The summed E-state index contributed by atoms with van der Waals surface area (Å²) < 4.78 is 0. The molecule has 0 aromatic heterocycles. The number of nitrogens with zero attached hydrogens (tertiary/aromatic N) is 1. The molecule has 31 heavy (non-hydrogen) atoms. The Morgan fingerprint density at radius 3 is 2.16 bits per heavy atom. The second kappa shape index (κ2) is 7.71. The van der Waals surface area contributed by atoms with Crippen LogP contribution in [0.25, 0.3) is 0 Å². The molecule has 8 heteroatoms. The lowest BCUT2D eigenvalue weighted by atomic mass is 9.81. The van der Waals surface area contributed by atoms with Crippen molar-refractivity contribution in [1.82, 2.24) is 0 Å². The molecule has 1 heterocycles. The largest absolute Gasteiger partial charge is 0.322 e. The van der Waals surface area contributed by atoms with E-state index in [-0.39, 0.29) is 51.0 Å². The second-order valence-electron chi connectivity index (χ2n) is 8.43. The van der Waals surface area contributed by atoms with Gasteiger partial charge in [0.1, 0.15) is 0 Å². The van der Waals surface area contributed by atoms with E-state index in [4.69, 9.17) is 11.6 Å². The highest BCUT2D eigenvalue weighted by Crippen LogP contribution is 2.60. The first kappa shape index (κ1) is 21.2. The van der Waals surface area contributed by atoms with Crippen LogP contribution in [0, 0.1) is 30.6 Å². The van der Waals surface area contributed by atoms with Crippen molar-refractivity contribution in [2.24, 2.45) is 23.7 Å². The zero-order valence-corrected chi connectivity index (χ0v) is 20.4. The summed E-state index contributed by atoms with van der Waals surface area (Å²) in [6, 6.07) is 11.9. The third-order valence-electron chi connectivity index (χ3n) is 6.89. The van der Waals surface area contributed by atoms with Gasteiger partial charge in [-0.1, -0.05) is 49.5 Å². The van der Waals surface area contributed by atoms with E-state index in [1.807, 2.05) is 6.92 Å². The number of nitrogens with one attached hydrogen (secondary N) is 1. The zero-order chi connectivity index (χ0) is 22.0. The predicted molar refractivity (Wildman–Crippen MR) is 127 cm³/mol. The maximum absolute atomic E-state index is 13.1. The van der Waals surface area contributed by atoms with Crippen molar-refractivity contribution in [3.05, 3.63) is 58.6 Å². The van der Waals surface area contributed by atoms with Crippen LogP contribution in [0.5, 0.6) is 0 Å². The molecule has 2 saturated carbocycles. The molecule has 1 aliphatic heterocycles. The molecule has 160 valence electrons. The normalized spacial score (nSPS) is 31.3. The Morgan fingerprint density at radius 1 is 1.00 bits per heavy atom. The smallest absolute Gasteiger partial charge is 0.255 e. The molecule has 2 bridgehead atoms. The fourth-order valence-electron chi connectivity index (χ4n) is 5.30. The van der Waals surface area contributed by atoms with E-state index in [0.29, 0.717) is 22.0 Å². The van der Waals surface area contributed by atoms with Crippen LogP contribution < -0.4 is 10.2 Å². The van der Waals surface area contributed by atoms with E-state index >= 15 is 0 Å². The van der Waals surface area contributed by atoms with Crippen molar-refractivity contribution in [1.29, 1.82) is 0 Å². The lowest BCUT2D eigenvalue weighted by Gasteiger charge is -2.28. The number of rotatable bonds is 3. The molecule has 5 rings (SSSR count). The number of amides is 3. The summed E-state index contributed by atoms with van der Waals surface area (Å²) in [7, 11) is 0. The molecule has 0 unspecified atom stereocenters. The first-order chi connectivity index (χ1) is 14.8. The van der Waals surface area contributed by atoms with Gasteiger partial charge in [0.15, 0.2) is 0 Å². The topological polar surface area (TPSA) is 66.5 Å². The van der Waals surface area contributed by atoms with Crippen molar-refractivity contribution in [2.75, 3.05) is 10.2 Å². The Bertz CT molecular complexity index is 1070. The van der Waals surface area contributed by atoms with Crippen LogP contribution in [0.15, 0.2) is 42.5 Å². The van der Waals surface area contributed by atoms with Crippen molar-refractivity contribution in [2.45, 2.75) is 23.0 Å². The first-order valence-corrected chi connectivity index (χ1v) is 12.3. The summed E-state index contributed by atoms with van der Waals surface area (Å²) in [5.74, 6) is -0.709. The van der Waals surface area contributed by atoms with Gasteiger partial charge >= 0.3 is 0 Å². The molecule has 3 fully saturated rings. The van der Waals surface area contributed by atoms with Crippen molar-refractivity contribution in [3.8, 4) is 0 Å². The number of carbonyl (C=O) groups is 3. The van der Waals surface area contributed by atoms with E-state index in [0.717, 1.165) is 12.0 Å². The molecule has 0 radical (unpaired) electrons. The highest BCUT2D eigenvalue weighted by atomic mass is 79.9. The van der Waals surface area contributed by atoms with Crippen LogP contribution in [0.3, 0.4) is 0 Å².